The van der Waals surface area contributed by atoms with Crippen LogP contribution in [0, 0.1) is 5.41 Å². The lowest BCUT2D eigenvalue weighted by Crippen LogP contribution is -2.50. The lowest BCUT2D eigenvalue weighted by atomic mass is 9.78. The Hall–Kier alpha value is -1.95. The van der Waals surface area contributed by atoms with Crippen molar-refractivity contribution in [1.29, 1.82) is 0 Å². The zero-order chi connectivity index (χ0) is 16.3. The van der Waals surface area contributed by atoms with E-state index in [4.69, 9.17) is 4.74 Å². The van der Waals surface area contributed by atoms with E-state index < -0.39 is 5.41 Å². The first-order valence-electron chi connectivity index (χ1n) is 8.14. The monoisotopic (exact) mass is 317 g/mol. The molecule has 3 rings (SSSR count). The molecule has 1 aromatic rings. The van der Waals surface area contributed by atoms with E-state index in [9.17, 15) is 9.59 Å². The molecule has 1 aromatic heterocycles. The van der Waals surface area contributed by atoms with Crippen molar-refractivity contribution in [3.63, 3.8) is 0 Å². The fourth-order valence-electron chi connectivity index (χ4n) is 3.67. The molecule has 0 radical (unpaired) electrons. The first kappa shape index (κ1) is 15.9. The molecule has 1 spiro atoms. The Balaban J connectivity index is 1.71. The third-order valence-corrected chi connectivity index (χ3v) is 4.96. The predicted molar refractivity (Wildman–Crippen MR) is 84.9 cm³/mol. The minimum atomic E-state index is -0.394. The van der Waals surface area contributed by atoms with E-state index in [-0.39, 0.29) is 11.8 Å². The van der Waals surface area contributed by atoms with E-state index in [1.54, 1.807) is 31.6 Å². The molecular formula is C17H23N3O3. The lowest BCUT2D eigenvalue weighted by molar-refractivity contribution is -0.138. The van der Waals surface area contributed by atoms with E-state index in [1.807, 2.05) is 9.80 Å². The second kappa shape index (κ2) is 6.66. The van der Waals surface area contributed by atoms with Crippen LogP contribution in [0.4, 0.5) is 0 Å². The van der Waals surface area contributed by atoms with E-state index in [0.29, 0.717) is 31.8 Å². The molecule has 3 heterocycles. The second-order valence-corrected chi connectivity index (χ2v) is 6.38. The summed E-state index contributed by atoms with van der Waals surface area (Å²) >= 11 is 0. The van der Waals surface area contributed by atoms with Gasteiger partial charge in [0.15, 0.2) is 0 Å². The molecule has 6 nitrogen and oxygen atoms in total. The molecule has 6 heteroatoms. The van der Waals surface area contributed by atoms with Crippen LogP contribution in [0.1, 0.15) is 29.6 Å². The van der Waals surface area contributed by atoms with Crippen molar-refractivity contribution in [2.24, 2.45) is 5.41 Å². The van der Waals surface area contributed by atoms with Gasteiger partial charge in [0.05, 0.1) is 12.0 Å². The zero-order valence-electron chi connectivity index (χ0n) is 13.5. The zero-order valence-corrected chi connectivity index (χ0v) is 13.5. The molecule has 2 aliphatic heterocycles. The number of rotatable bonds is 4. The molecule has 0 bridgehead atoms. The van der Waals surface area contributed by atoms with Crippen molar-refractivity contribution in [3.8, 4) is 0 Å². The summed E-state index contributed by atoms with van der Waals surface area (Å²) in [6, 6.07) is 3.45. The van der Waals surface area contributed by atoms with E-state index in [1.165, 1.54) is 0 Å². The number of hydrogen-bond acceptors (Lipinski definition) is 4. The third kappa shape index (κ3) is 3.08. The van der Waals surface area contributed by atoms with Gasteiger partial charge >= 0.3 is 0 Å². The van der Waals surface area contributed by atoms with Gasteiger partial charge in [-0.1, -0.05) is 0 Å². The maximum Gasteiger partial charge on any atom is 0.253 e. The topological polar surface area (TPSA) is 62.7 Å². The van der Waals surface area contributed by atoms with Crippen molar-refractivity contribution in [2.45, 2.75) is 19.3 Å². The Morgan fingerprint density at radius 2 is 2.09 bits per heavy atom. The average molecular weight is 317 g/mol. The SMILES string of the molecule is COCCN1CC[C@]2(CCCN(C(=O)c3ccncc3)C2)C1=O. The Kier molecular flexibility index (Phi) is 4.61. The molecule has 23 heavy (non-hydrogen) atoms. The largest absolute Gasteiger partial charge is 0.383 e. The van der Waals surface area contributed by atoms with Crippen molar-refractivity contribution in [3.05, 3.63) is 30.1 Å². The minimum absolute atomic E-state index is 0.00498. The summed E-state index contributed by atoms with van der Waals surface area (Å²) in [6.45, 7) is 3.20. The first-order valence-corrected chi connectivity index (χ1v) is 8.14. The van der Waals surface area contributed by atoms with Gasteiger partial charge in [-0.25, -0.2) is 0 Å². The molecular weight excluding hydrogens is 294 g/mol. The minimum Gasteiger partial charge on any atom is -0.383 e. The van der Waals surface area contributed by atoms with Gasteiger partial charge in [0.1, 0.15) is 0 Å². The van der Waals surface area contributed by atoms with Crippen molar-refractivity contribution in [1.82, 2.24) is 14.8 Å². The summed E-state index contributed by atoms with van der Waals surface area (Å²) in [5.41, 5.74) is 0.244. The van der Waals surface area contributed by atoms with Crippen LogP contribution in [0.25, 0.3) is 0 Å². The van der Waals surface area contributed by atoms with Crippen LogP contribution >= 0.6 is 0 Å². The van der Waals surface area contributed by atoms with Gasteiger partial charge in [-0.15, -0.1) is 0 Å². The highest BCUT2D eigenvalue weighted by Crippen LogP contribution is 2.40. The fraction of sp³-hybridized carbons (Fsp3) is 0.588. The van der Waals surface area contributed by atoms with Gasteiger partial charge < -0.3 is 14.5 Å². The molecule has 2 fully saturated rings. The summed E-state index contributed by atoms with van der Waals surface area (Å²) < 4.78 is 5.08. The van der Waals surface area contributed by atoms with E-state index >= 15 is 0 Å². The van der Waals surface area contributed by atoms with Crippen LogP contribution in [-0.2, 0) is 9.53 Å². The number of aromatic nitrogens is 1. The van der Waals surface area contributed by atoms with Crippen molar-refractivity contribution < 1.29 is 14.3 Å². The number of pyridine rings is 1. The number of carbonyl (C=O) groups is 2. The molecule has 0 saturated carbocycles. The Bertz CT molecular complexity index is 578. The van der Waals surface area contributed by atoms with Crippen LogP contribution in [0.15, 0.2) is 24.5 Å². The standard InChI is InChI=1S/C17H23N3O3/c1-23-12-11-19-10-6-17(16(19)22)5-2-9-20(13-17)15(21)14-3-7-18-8-4-14/h3-4,7-8H,2,5-6,9-13H2,1H3/t17-/m0/s1. The van der Waals surface area contributed by atoms with Crippen molar-refractivity contribution in [2.75, 3.05) is 39.9 Å². The number of amides is 2. The predicted octanol–water partition coefficient (Wildman–Crippen LogP) is 1.18. The molecule has 124 valence electrons. The van der Waals surface area contributed by atoms with Gasteiger partial charge in [0.25, 0.3) is 5.91 Å². The molecule has 2 aliphatic rings. The number of ether oxygens (including phenoxy) is 1. The third-order valence-electron chi connectivity index (χ3n) is 4.96. The highest BCUT2D eigenvalue weighted by molar-refractivity contribution is 5.95. The summed E-state index contributed by atoms with van der Waals surface area (Å²) in [4.78, 5) is 33.1. The number of nitrogens with zero attached hydrogens (tertiary/aromatic N) is 3. The Morgan fingerprint density at radius 3 is 2.83 bits per heavy atom. The summed E-state index contributed by atoms with van der Waals surface area (Å²) in [5, 5.41) is 0. The molecule has 0 N–H and O–H groups in total. The lowest BCUT2D eigenvalue weighted by Gasteiger charge is -2.39. The maximum atomic E-state index is 12.8. The molecule has 2 saturated heterocycles. The van der Waals surface area contributed by atoms with Crippen LogP contribution in [0.2, 0.25) is 0 Å². The summed E-state index contributed by atoms with van der Waals surface area (Å²) in [7, 11) is 1.64. The Morgan fingerprint density at radius 1 is 1.30 bits per heavy atom. The number of likely N-dealkylation sites (tertiary alicyclic amines) is 2. The number of hydrogen-bond donors (Lipinski definition) is 0. The number of piperidine rings is 1. The maximum absolute atomic E-state index is 12.8. The van der Waals surface area contributed by atoms with Gasteiger partial charge in [-0.3, -0.25) is 14.6 Å². The molecule has 2 amide bonds. The van der Waals surface area contributed by atoms with Crippen molar-refractivity contribution >= 4 is 11.8 Å². The number of carbonyl (C=O) groups excluding carboxylic acids is 2. The van der Waals surface area contributed by atoms with Crippen LogP contribution in [0.3, 0.4) is 0 Å². The van der Waals surface area contributed by atoms with Gasteiger partial charge in [0.2, 0.25) is 5.91 Å². The first-order chi connectivity index (χ1) is 11.2. The highest BCUT2D eigenvalue weighted by Gasteiger charge is 2.49. The molecule has 0 aliphatic carbocycles. The highest BCUT2D eigenvalue weighted by atomic mass is 16.5. The molecule has 1 atom stereocenters. The van der Waals surface area contributed by atoms with Gasteiger partial charge in [-0.2, -0.15) is 0 Å². The fourth-order valence-corrected chi connectivity index (χ4v) is 3.67. The normalized spacial score (nSPS) is 24.5. The Labute approximate surface area is 136 Å². The van der Waals surface area contributed by atoms with E-state index in [2.05, 4.69) is 4.98 Å². The van der Waals surface area contributed by atoms with E-state index in [0.717, 1.165) is 25.8 Å². The second-order valence-electron chi connectivity index (χ2n) is 6.38. The average Bonchev–Trinajstić information content (AvgIpc) is 2.89. The summed E-state index contributed by atoms with van der Waals surface area (Å²) in [5.74, 6) is 0.177. The quantitative estimate of drug-likeness (QED) is 0.837. The number of methoxy groups -OCH3 is 1. The molecule has 0 unspecified atom stereocenters. The van der Waals surface area contributed by atoms with Crippen LogP contribution < -0.4 is 0 Å². The smallest absolute Gasteiger partial charge is 0.253 e. The van der Waals surface area contributed by atoms with Crippen LogP contribution in [0.5, 0.6) is 0 Å². The molecule has 0 aromatic carbocycles. The summed E-state index contributed by atoms with van der Waals surface area (Å²) in [6.07, 6.45) is 5.83. The van der Waals surface area contributed by atoms with Gasteiger partial charge in [-0.05, 0) is 31.4 Å². The van der Waals surface area contributed by atoms with Crippen LogP contribution in [-0.4, -0.2) is 66.5 Å². The van der Waals surface area contributed by atoms with Gasteiger partial charge in [0, 0.05) is 51.2 Å².